The van der Waals surface area contributed by atoms with Gasteiger partial charge in [-0.05, 0) is 47.5 Å². The number of carbonyl (C=O) groups excluding carboxylic acids is 3. The number of anilines is 1. The molecule has 0 fully saturated rings. The lowest BCUT2D eigenvalue weighted by atomic mass is 10.2. The van der Waals surface area contributed by atoms with Crippen molar-refractivity contribution in [3.63, 3.8) is 0 Å². The number of amides is 3. The molecule has 3 aromatic rings. The molecule has 0 radical (unpaired) electrons. The van der Waals surface area contributed by atoms with Gasteiger partial charge >= 0.3 is 18.0 Å². The van der Waals surface area contributed by atoms with E-state index in [1.54, 1.807) is 18.2 Å². The molecule has 0 aromatic heterocycles. The zero-order valence-corrected chi connectivity index (χ0v) is 20.0. The Labute approximate surface area is 215 Å². The van der Waals surface area contributed by atoms with Gasteiger partial charge in [-0.15, -0.1) is 0 Å². The summed E-state index contributed by atoms with van der Waals surface area (Å²) in [5.74, 6) is -2.06. The van der Waals surface area contributed by atoms with E-state index in [1.807, 2.05) is 18.2 Å². The molecular weight excluding hydrogens is 505 g/mol. The zero-order valence-electron chi connectivity index (χ0n) is 20.0. The summed E-state index contributed by atoms with van der Waals surface area (Å²) < 4.78 is 49.2. The van der Waals surface area contributed by atoms with Crippen LogP contribution in [-0.4, -0.2) is 37.7 Å². The van der Waals surface area contributed by atoms with Crippen LogP contribution in [-0.2, 0) is 27.1 Å². The summed E-state index contributed by atoms with van der Waals surface area (Å²) in [6, 6.07) is 17.8. The second kappa shape index (κ2) is 12.9. The normalized spacial score (nSPS) is 11.1. The van der Waals surface area contributed by atoms with Crippen LogP contribution in [0.25, 0.3) is 0 Å². The Hall–Kier alpha value is -4.87. The van der Waals surface area contributed by atoms with Gasteiger partial charge in [0.15, 0.2) is 18.1 Å². The number of halogens is 3. The molecule has 0 spiro atoms. The van der Waals surface area contributed by atoms with Crippen molar-refractivity contribution < 1.29 is 37.0 Å². The Morgan fingerprint density at radius 1 is 0.921 bits per heavy atom. The van der Waals surface area contributed by atoms with Gasteiger partial charge in [0.25, 0.3) is 5.91 Å². The lowest BCUT2D eigenvalue weighted by Gasteiger charge is -2.12. The molecule has 0 saturated heterocycles. The molecule has 0 heterocycles. The lowest BCUT2D eigenvalue weighted by Crippen LogP contribution is -2.37. The van der Waals surface area contributed by atoms with E-state index in [4.69, 9.17) is 9.47 Å². The summed E-state index contributed by atoms with van der Waals surface area (Å²) in [5.41, 5.74) is 2.52. The quantitative estimate of drug-likeness (QED) is 0.223. The minimum atomic E-state index is -4.53. The summed E-state index contributed by atoms with van der Waals surface area (Å²) >= 11 is 0. The van der Waals surface area contributed by atoms with E-state index in [9.17, 15) is 27.6 Å². The van der Waals surface area contributed by atoms with Crippen LogP contribution in [0.2, 0.25) is 0 Å². The maximum absolute atomic E-state index is 12.8. The minimum Gasteiger partial charge on any atom is -0.493 e. The molecule has 0 bridgehead atoms. The average molecular weight is 528 g/mol. The average Bonchev–Trinajstić information content (AvgIpc) is 2.91. The molecule has 12 heteroatoms. The minimum absolute atomic E-state index is 0.0252. The third-order valence-electron chi connectivity index (χ3n) is 4.90. The largest absolute Gasteiger partial charge is 0.493 e. The summed E-state index contributed by atoms with van der Waals surface area (Å²) in [6.45, 7) is -0.304. The molecule has 0 atom stereocenters. The van der Waals surface area contributed by atoms with Gasteiger partial charge in [-0.1, -0.05) is 36.4 Å². The van der Waals surface area contributed by atoms with Gasteiger partial charge in [0, 0.05) is 12.2 Å². The molecule has 0 saturated carbocycles. The van der Waals surface area contributed by atoms with Gasteiger partial charge < -0.3 is 20.1 Å². The fraction of sp³-hybridized carbons (Fsp3) is 0.154. The predicted octanol–water partition coefficient (Wildman–Crippen LogP) is 3.50. The maximum atomic E-state index is 12.8. The number of hydrogen-bond donors (Lipinski definition) is 3. The van der Waals surface area contributed by atoms with Crippen molar-refractivity contribution in [2.75, 3.05) is 19.0 Å². The predicted molar refractivity (Wildman–Crippen MR) is 133 cm³/mol. The first-order valence-electron chi connectivity index (χ1n) is 11.1. The third-order valence-corrected chi connectivity index (χ3v) is 4.90. The highest BCUT2D eigenvalue weighted by Crippen LogP contribution is 2.31. The van der Waals surface area contributed by atoms with Crippen molar-refractivity contribution in [2.45, 2.75) is 12.7 Å². The van der Waals surface area contributed by atoms with Crippen molar-refractivity contribution >= 4 is 29.6 Å². The number of carbonyl (C=O) groups is 3. The van der Waals surface area contributed by atoms with Gasteiger partial charge in [-0.25, -0.2) is 5.43 Å². The molecule has 0 aliphatic rings. The van der Waals surface area contributed by atoms with Crippen LogP contribution < -0.4 is 25.5 Å². The zero-order chi connectivity index (χ0) is 27.5. The second-order valence-corrected chi connectivity index (χ2v) is 7.69. The van der Waals surface area contributed by atoms with Gasteiger partial charge in [0.2, 0.25) is 0 Å². The molecule has 3 rings (SSSR count). The summed E-state index contributed by atoms with van der Waals surface area (Å²) in [5, 5.41) is 8.56. The van der Waals surface area contributed by atoms with E-state index in [0.717, 1.165) is 17.7 Å². The summed E-state index contributed by atoms with van der Waals surface area (Å²) in [7, 11) is 1.37. The molecule has 3 N–H and O–H groups in total. The van der Waals surface area contributed by atoms with Gasteiger partial charge in [-0.2, -0.15) is 18.3 Å². The van der Waals surface area contributed by atoms with Crippen molar-refractivity contribution in [1.82, 2.24) is 10.7 Å². The number of nitrogens with zero attached hydrogens (tertiary/aromatic N) is 1. The Kier molecular flexibility index (Phi) is 9.41. The Balaban J connectivity index is 1.50. The molecule has 9 nitrogen and oxygen atoms in total. The SMILES string of the molecule is COc1cc(/C=N\NC(=O)C(=O)NCc2ccccc2)ccc1OCC(=O)Nc1cccc(C(F)(F)F)c1. The number of ether oxygens (including phenoxy) is 2. The van der Waals surface area contributed by atoms with Crippen LogP contribution in [0.5, 0.6) is 11.5 Å². The van der Waals surface area contributed by atoms with Crippen LogP contribution >= 0.6 is 0 Å². The fourth-order valence-corrected chi connectivity index (χ4v) is 3.07. The molecular formula is C26H23F3N4O5. The van der Waals surface area contributed by atoms with Crippen LogP contribution in [0, 0.1) is 0 Å². The van der Waals surface area contributed by atoms with Crippen molar-refractivity contribution in [1.29, 1.82) is 0 Å². The number of rotatable bonds is 9. The summed E-state index contributed by atoms with van der Waals surface area (Å²) in [6.07, 6.45) is -3.26. The Morgan fingerprint density at radius 3 is 2.39 bits per heavy atom. The Bertz CT molecular complexity index is 1310. The van der Waals surface area contributed by atoms with E-state index >= 15 is 0 Å². The lowest BCUT2D eigenvalue weighted by molar-refractivity contribution is -0.139. The second-order valence-electron chi connectivity index (χ2n) is 7.69. The highest BCUT2D eigenvalue weighted by Gasteiger charge is 2.30. The first kappa shape index (κ1) is 27.7. The van der Waals surface area contributed by atoms with E-state index < -0.39 is 36.1 Å². The standard InChI is InChI=1S/C26H23F3N4O5/c1-37-22-12-18(15-31-33-25(36)24(35)30-14-17-6-3-2-4-7-17)10-11-21(22)38-16-23(34)32-20-9-5-8-19(13-20)26(27,28)29/h2-13,15H,14,16H2,1H3,(H,30,35)(H,32,34)(H,33,36)/b31-15-. The number of nitrogens with one attached hydrogen (secondary N) is 3. The first-order valence-corrected chi connectivity index (χ1v) is 11.1. The molecule has 0 aliphatic heterocycles. The molecule has 0 aliphatic carbocycles. The first-order chi connectivity index (χ1) is 18.2. The number of alkyl halides is 3. The van der Waals surface area contributed by atoms with Crippen molar-refractivity contribution in [3.05, 3.63) is 89.5 Å². The molecule has 38 heavy (non-hydrogen) atoms. The van der Waals surface area contributed by atoms with Crippen molar-refractivity contribution in [2.24, 2.45) is 5.10 Å². The van der Waals surface area contributed by atoms with Crippen LogP contribution in [0.4, 0.5) is 18.9 Å². The molecule has 198 valence electrons. The Morgan fingerprint density at radius 2 is 1.68 bits per heavy atom. The van der Waals surface area contributed by atoms with Crippen LogP contribution in [0.3, 0.4) is 0 Å². The van der Waals surface area contributed by atoms with E-state index in [-0.39, 0.29) is 23.7 Å². The fourth-order valence-electron chi connectivity index (χ4n) is 3.07. The maximum Gasteiger partial charge on any atom is 0.416 e. The van der Waals surface area contributed by atoms with Gasteiger partial charge in [0.05, 0.1) is 18.9 Å². The number of methoxy groups -OCH3 is 1. The van der Waals surface area contributed by atoms with Crippen LogP contribution in [0.15, 0.2) is 77.9 Å². The monoisotopic (exact) mass is 528 g/mol. The third kappa shape index (κ3) is 8.36. The van der Waals surface area contributed by atoms with Gasteiger partial charge in [0.1, 0.15) is 0 Å². The topological polar surface area (TPSA) is 118 Å². The highest BCUT2D eigenvalue weighted by atomic mass is 19.4. The van der Waals surface area contributed by atoms with E-state index in [2.05, 4.69) is 21.2 Å². The van der Waals surface area contributed by atoms with Gasteiger partial charge in [-0.3, -0.25) is 14.4 Å². The number of hydrogen-bond acceptors (Lipinski definition) is 6. The summed E-state index contributed by atoms with van der Waals surface area (Å²) in [4.78, 5) is 35.9. The molecule has 0 unspecified atom stereocenters. The molecule has 3 amide bonds. The van der Waals surface area contributed by atoms with E-state index in [0.29, 0.717) is 5.56 Å². The number of hydrazone groups is 1. The highest BCUT2D eigenvalue weighted by molar-refractivity contribution is 6.35. The number of benzene rings is 3. The van der Waals surface area contributed by atoms with Crippen LogP contribution in [0.1, 0.15) is 16.7 Å². The molecule has 3 aromatic carbocycles. The van der Waals surface area contributed by atoms with E-state index in [1.165, 1.54) is 37.6 Å². The smallest absolute Gasteiger partial charge is 0.416 e. The van der Waals surface area contributed by atoms with Crippen molar-refractivity contribution in [3.8, 4) is 11.5 Å².